The van der Waals surface area contributed by atoms with Gasteiger partial charge in [-0.05, 0) is 53.9 Å². The number of ketones is 1. The van der Waals surface area contributed by atoms with E-state index in [-0.39, 0.29) is 23.8 Å². The average molecular weight is 389 g/mol. The van der Waals surface area contributed by atoms with Gasteiger partial charge in [-0.1, -0.05) is 30.3 Å². The zero-order valence-electron chi connectivity index (χ0n) is 15.7. The number of ether oxygens (including phenoxy) is 1. The van der Waals surface area contributed by atoms with Gasteiger partial charge in [-0.15, -0.1) is 0 Å². The number of fused-ring (bicyclic) bond motifs is 1. The molecule has 4 aromatic rings. The van der Waals surface area contributed by atoms with Crippen LogP contribution in [-0.2, 0) is 13.0 Å². The van der Waals surface area contributed by atoms with Crippen LogP contribution in [0.15, 0.2) is 72.8 Å². The molecule has 1 aromatic heterocycles. The van der Waals surface area contributed by atoms with E-state index in [1.54, 1.807) is 24.3 Å². The van der Waals surface area contributed by atoms with E-state index in [1.165, 1.54) is 12.1 Å². The van der Waals surface area contributed by atoms with Crippen LogP contribution in [0.3, 0.4) is 0 Å². The number of benzene rings is 3. The first-order chi connectivity index (χ1) is 14.1. The van der Waals surface area contributed by atoms with Crippen LogP contribution in [0.1, 0.15) is 28.0 Å². The normalized spacial score (nSPS) is 10.9. The summed E-state index contributed by atoms with van der Waals surface area (Å²) < 4.78 is 19.1. The smallest absolute Gasteiger partial charge is 0.179 e. The molecule has 5 heteroatoms. The molecule has 4 nitrogen and oxygen atoms in total. The lowest BCUT2D eigenvalue weighted by Gasteiger charge is -2.09. The van der Waals surface area contributed by atoms with E-state index in [0.717, 1.165) is 16.6 Å². The summed E-state index contributed by atoms with van der Waals surface area (Å²) >= 11 is 0. The molecule has 0 aliphatic carbocycles. The van der Waals surface area contributed by atoms with Gasteiger partial charge in [-0.25, -0.2) is 4.39 Å². The number of halogens is 1. The number of aryl methyl sites for hydroxylation is 1. The largest absolute Gasteiger partial charge is 0.508 e. The number of hydrogen-bond donors (Lipinski definition) is 2. The highest BCUT2D eigenvalue weighted by Crippen LogP contribution is 2.24. The summed E-state index contributed by atoms with van der Waals surface area (Å²) in [7, 11) is 0. The van der Waals surface area contributed by atoms with Crippen molar-refractivity contribution in [3.05, 3.63) is 95.4 Å². The SMILES string of the molecule is O=C(CCc1cc(O)cc(OCc2ccccc2)c1)c1cc2cc(F)ccc2[nH]1. The number of nitrogens with one attached hydrogen (secondary N) is 1. The minimum atomic E-state index is -0.335. The minimum Gasteiger partial charge on any atom is -0.508 e. The molecule has 0 amide bonds. The van der Waals surface area contributed by atoms with Crippen molar-refractivity contribution >= 4 is 16.7 Å². The number of H-pyrrole nitrogens is 1. The maximum Gasteiger partial charge on any atom is 0.179 e. The molecule has 3 aromatic carbocycles. The summed E-state index contributed by atoms with van der Waals surface area (Å²) in [6, 6.07) is 20.8. The van der Waals surface area contributed by atoms with Gasteiger partial charge in [0.25, 0.3) is 0 Å². The molecular weight excluding hydrogens is 369 g/mol. The molecule has 0 bridgehead atoms. The molecule has 0 spiro atoms. The van der Waals surface area contributed by atoms with Crippen molar-refractivity contribution in [3.63, 3.8) is 0 Å². The van der Waals surface area contributed by atoms with Crippen LogP contribution < -0.4 is 4.74 Å². The average Bonchev–Trinajstić information content (AvgIpc) is 3.14. The summed E-state index contributed by atoms with van der Waals surface area (Å²) in [4.78, 5) is 15.6. The quantitative estimate of drug-likeness (QED) is 0.416. The van der Waals surface area contributed by atoms with Crippen molar-refractivity contribution in [3.8, 4) is 11.5 Å². The lowest BCUT2D eigenvalue weighted by Crippen LogP contribution is -2.02. The molecule has 1 heterocycles. The van der Waals surface area contributed by atoms with Crippen LogP contribution in [-0.4, -0.2) is 15.9 Å². The molecule has 0 saturated carbocycles. The van der Waals surface area contributed by atoms with Crippen LogP contribution in [0.4, 0.5) is 4.39 Å². The second-order valence-electron chi connectivity index (χ2n) is 6.95. The summed E-state index contributed by atoms with van der Waals surface area (Å²) in [6.45, 7) is 0.397. The Morgan fingerprint density at radius 1 is 0.966 bits per heavy atom. The van der Waals surface area contributed by atoms with E-state index in [4.69, 9.17) is 4.74 Å². The van der Waals surface area contributed by atoms with Gasteiger partial charge < -0.3 is 14.8 Å². The number of aromatic nitrogens is 1. The first-order valence-electron chi connectivity index (χ1n) is 9.38. The zero-order valence-corrected chi connectivity index (χ0v) is 15.7. The Balaban J connectivity index is 1.41. The summed E-state index contributed by atoms with van der Waals surface area (Å²) in [5.74, 6) is 0.242. The minimum absolute atomic E-state index is 0.0725. The molecule has 146 valence electrons. The number of rotatable bonds is 7. The summed E-state index contributed by atoms with van der Waals surface area (Å²) in [5.41, 5.74) is 3.02. The van der Waals surface area contributed by atoms with E-state index < -0.39 is 0 Å². The van der Waals surface area contributed by atoms with Gasteiger partial charge in [0.2, 0.25) is 0 Å². The van der Waals surface area contributed by atoms with Crippen molar-refractivity contribution in [1.29, 1.82) is 0 Å². The molecule has 0 atom stereocenters. The first kappa shape index (κ1) is 18.7. The van der Waals surface area contributed by atoms with E-state index in [1.807, 2.05) is 36.4 Å². The predicted octanol–water partition coefficient (Wildman–Crippen LogP) is 5.41. The fourth-order valence-corrected chi connectivity index (χ4v) is 3.26. The Kier molecular flexibility index (Phi) is 5.29. The van der Waals surface area contributed by atoms with E-state index in [9.17, 15) is 14.3 Å². The second kappa shape index (κ2) is 8.19. The Bertz CT molecular complexity index is 1150. The van der Waals surface area contributed by atoms with Crippen molar-refractivity contribution in [2.24, 2.45) is 0 Å². The molecule has 0 fully saturated rings. The third-order valence-electron chi connectivity index (χ3n) is 4.72. The number of carbonyl (C=O) groups is 1. The molecular formula is C24H20FNO3. The van der Waals surface area contributed by atoms with Gasteiger partial charge in [0, 0.05) is 23.4 Å². The summed E-state index contributed by atoms with van der Waals surface area (Å²) in [6.07, 6.45) is 0.718. The Morgan fingerprint density at radius 3 is 2.62 bits per heavy atom. The molecule has 0 saturated heterocycles. The topological polar surface area (TPSA) is 62.3 Å². The number of phenolic OH excluding ortho intramolecular Hbond substituents is 1. The molecule has 0 radical (unpaired) electrons. The van der Waals surface area contributed by atoms with Crippen LogP contribution in [0.2, 0.25) is 0 Å². The van der Waals surface area contributed by atoms with E-state index in [0.29, 0.717) is 29.9 Å². The molecule has 0 aliphatic heterocycles. The highest BCUT2D eigenvalue weighted by Gasteiger charge is 2.11. The number of hydrogen-bond acceptors (Lipinski definition) is 3. The fourth-order valence-electron chi connectivity index (χ4n) is 3.26. The predicted molar refractivity (Wildman–Crippen MR) is 110 cm³/mol. The molecule has 0 unspecified atom stereocenters. The van der Waals surface area contributed by atoms with Gasteiger partial charge in [0.1, 0.15) is 23.9 Å². The molecule has 29 heavy (non-hydrogen) atoms. The first-order valence-corrected chi connectivity index (χ1v) is 9.38. The van der Waals surface area contributed by atoms with Crippen molar-refractivity contribution in [2.75, 3.05) is 0 Å². The monoisotopic (exact) mass is 389 g/mol. The number of Topliss-reactive ketones (excluding diaryl/α,β-unsaturated/α-hetero) is 1. The highest BCUT2D eigenvalue weighted by atomic mass is 19.1. The van der Waals surface area contributed by atoms with E-state index >= 15 is 0 Å². The third-order valence-corrected chi connectivity index (χ3v) is 4.72. The second-order valence-corrected chi connectivity index (χ2v) is 6.95. The van der Waals surface area contributed by atoms with E-state index in [2.05, 4.69) is 4.98 Å². The van der Waals surface area contributed by atoms with Crippen LogP contribution in [0.5, 0.6) is 11.5 Å². The van der Waals surface area contributed by atoms with Gasteiger partial charge in [0.05, 0.1) is 5.69 Å². The van der Waals surface area contributed by atoms with Crippen molar-refractivity contribution in [2.45, 2.75) is 19.4 Å². The fraction of sp³-hybridized carbons (Fsp3) is 0.125. The maximum atomic E-state index is 13.3. The highest BCUT2D eigenvalue weighted by molar-refractivity contribution is 5.99. The third kappa shape index (κ3) is 4.63. The van der Waals surface area contributed by atoms with Crippen LogP contribution in [0, 0.1) is 5.82 Å². The Morgan fingerprint density at radius 2 is 1.79 bits per heavy atom. The zero-order chi connectivity index (χ0) is 20.2. The van der Waals surface area contributed by atoms with Crippen LogP contribution in [0.25, 0.3) is 10.9 Å². The molecule has 2 N–H and O–H groups in total. The van der Waals surface area contributed by atoms with Gasteiger partial charge in [0.15, 0.2) is 5.78 Å². The standard InChI is InChI=1S/C24H20FNO3/c25-19-7-8-22-18(12-19)13-23(26-22)24(28)9-6-17-10-20(27)14-21(11-17)29-15-16-4-2-1-3-5-16/h1-5,7-8,10-14,26-27H,6,9,15H2. The van der Waals surface area contributed by atoms with Gasteiger partial charge >= 0.3 is 0 Å². The number of aromatic hydroxyl groups is 1. The Labute approximate surface area is 167 Å². The van der Waals surface area contributed by atoms with Gasteiger partial charge in [-0.3, -0.25) is 4.79 Å². The number of phenols is 1. The summed E-state index contributed by atoms with van der Waals surface area (Å²) in [5, 5.41) is 10.7. The Hall–Kier alpha value is -3.60. The lowest BCUT2D eigenvalue weighted by molar-refractivity contribution is 0.0978. The maximum absolute atomic E-state index is 13.3. The molecule has 0 aliphatic rings. The number of aromatic amines is 1. The van der Waals surface area contributed by atoms with Crippen molar-refractivity contribution < 1.29 is 19.0 Å². The van der Waals surface area contributed by atoms with Gasteiger partial charge in [-0.2, -0.15) is 0 Å². The lowest BCUT2D eigenvalue weighted by atomic mass is 10.1. The molecule has 4 rings (SSSR count). The number of carbonyl (C=O) groups excluding carboxylic acids is 1. The van der Waals surface area contributed by atoms with Crippen molar-refractivity contribution in [1.82, 2.24) is 4.98 Å². The van der Waals surface area contributed by atoms with Crippen LogP contribution >= 0.6 is 0 Å².